The molecule has 8 heteroatoms. The lowest BCUT2D eigenvalue weighted by atomic mass is 10.1. The quantitative estimate of drug-likeness (QED) is 0.735. The van der Waals surface area contributed by atoms with Crippen LogP contribution >= 0.6 is 23.4 Å². The van der Waals surface area contributed by atoms with Crippen LogP contribution in [0.5, 0.6) is 11.5 Å². The van der Waals surface area contributed by atoms with Gasteiger partial charge in [-0.2, -0.15) is 16.1 Å². The number of rotatable bonds is 3. The van der Waals surface area contributed by atoms with Gasteiger partial charge in [0.25, 0.3) is 0 Å². The summed E-state index contributed by atoms with van der Waals surface area (Å²) >= 11 is 7.81. The molecule has 4 rings (SSSR count). The van der Waals surface area contributed by atoms with Crippen LogP contribution in [0.3, 0.4) is 0 Å². The second kappa shape index (κ2) is 7.54. The fourth-order valence-corrected chi connectivity index (χ4v) is 6.64. The van der Waals surface area contributed by atoms with Gasteiger partial charge in [-0.1, -0.05) is 23.7 Å². The van der Waals surface area contributed by atoms with E-state index in [0.717, 1.165) is 29.2 Å². The highest BCUT2D eigenvalue weighted by molar-refractivity contribution is 7.99. The zero-order valence-corrected chi connectivity index (χ0v) is 17.2. The third kappa shape index (κ3) is 3.78. The second-order valence-electron chi connectivity index (χ2n) is 6.57. The largest absolute Gasteiger partial charge is 0.454 e. The van der Waals surface area contributed by atoms with Gasteiger partial charge in [0.15, 0.2) is 11.5 Å². The molecule has 0 aromatic heterocycles. The van der Waals surface area contributed by atoms with Crippen LogP contribution in [0, 0.1) is 6.92 Å². The van der Waals surface area contributed by atoms with Gasteiger partial charge in [0.2, 0.25) is 16.8 Å². The van der Waals surface area contributed by atoms with Gasteiger partial charge in [-0.3, -0.25) is 0 Å². The molecule has 2 aromatic carbocycles. The lowest BCUT2D eigenvalue weighted by Gasteiger charge is -2.21. The van der Waals surface area contributed by atoms with Crippen LogP contribution in [-0.2, 0) is 10.0 Å². The number of ether oxygens (including phenoxy) is 2. The first-order valence-corrected chi connectivity index (χ1v) is 11.6. The van der Waals surface area contributed by atoms with Crippen LogP contribution < -0.4 is 9.47 Å². The maximum atomic E-state index is 13.1. The number of hydrogen-bond acceptors (Lipinski definition) is 5. The molecule has 0 bridgehead atoms. The van der Waals surface area contributed by atoms with E-state index in [1.165, 1.54) is 0 Å². The van der Waals surface area contributed by atoms with Crippen molar-refractivity contribution in [3.63, 3.8) is 0 Å². The summed E-state index contributed by atoms with van der Waals surface area (Å²) in [6.07, 6.45) is 0.739. The molecule has 0 saturated carbocycles. The van der Waals surface area contributed by atoms with Crippen molar-refractivity contribution >= 4 is 33.4 Å². The Balaban J connectivity index is 1.54. The molecule has 5 nitrogen and oxygen atoms in total. The summed E-state index contributed by atoms with van der Waals surface area (Å²) in [5.41, 5.74) is 1.85. The number of fused-ring (bicyclic) bond motifs is 1. The highest BCUT2D eigenvalue weighted by atomic mass is 35.5. The van der Waals surface area contributed by atoms with Crippen molar-refractivity contribution in [3.8, 4) is 11.5 Å². The first kappa shape index (κ1) is 18.9. The van der Waals surface area contributed by atoms with Crippen LogP contribution in [0.4, 0.5) is 0 Å². The van der Waals surface area contributed by atoms with Crippen molar-refractivity contribution in [2.75, 3.05) is 25.6 Å². The number of aryl methyl sites for hydroxylation is 1. The lowest BCUT2D eigenvalue weighted by Crippen LogP contribution is -2.33. The van der Waals surface area contributed by atoms with Gasteiger partial charge in [-0.25, -0.2) is 8.42 Å². The number of sulfonamides is 1. The van der Waals surface area contributed by atoms with Crippen LogP contribution in [0.25, 0.3) is 0 Å². The number of thioether (sulfide) groups is 1. The smallest absolute Gasteiger partial charge is 0.243 e. The van der Waals surface area contributed by atoms with Gasteiger partial charge in [0.05, 0.1) is 4.90 Å². The Morgan fingerprint density at radius 2 is 1.93 bits per heavy atom. The zero-order valence-electron chi connectivity index (χ0n) is 14.9. The summed E-state index contributed by atoms with van der Waals surface area (Å²) in [7, 11) is -3.56. The maximum Gasteiger partial charge on any atom is 0.243 e. The van der Waals surface area contributed by atoms with Crippen molar-refractivity contribution < 1.29 is 17.9 Å². The van der Waals surface area contributed by atoms with Crippen molar-refractivity contribution in [2.45, 2.75) is 23.5 Å². The highest BCUT2D eigenvalue weighted by Gasteiger charge is 2.30. The molecule has 0 spiro atoms. The molecule has 2 heterocycles. The standard InChI is InChI=1S/C19H20ClNO4S2/c1-13-2-4-15(20)11-19(13)27(22,23)21-7-6-18(26-9-8-21)14-3-5-16-17(10-14)25-12-24-16/h2-5,10-11,18H,6-9,12H2,1H3. The van der Waals surface area contributed by atoms with Crippen molar-refractivity contribution in [2.24, 2.45) is 0 Å². The molecule has 144 valence electrons. The minimum absolute atomic E-state index is 0.222. The Hall–Kier alpha value is -1.41. The van der Waals surface area contributed by atoms with Gasteiger partial charge in [-0.05, 0) is 48.7 Å². The fraction of sp³-hybridized carbons (Fsp3) is 0.368. The third-order valence-electron chi connectivity index (χ3n) is 4.84. The Morgan fingerprint density at radius 3 is 2.78 bits per heavy atom. The van der Waals surface area contributed by atoms with E-state index >= 15 is 0 Å². The van der Waals surface area contributed by atoms with Crippen molar-refractivity contribution in [1.82, 2.24) is 4.31 Å². The molecule has 1 unspecified atom stereocenters. The maximum absolute atomic E-state index is 13.1. The van der Waals surface area contributed by atoms with E-state index in [2.05, 4.69) is 0 Å². The van der Waals surface area contributed by atoms with Gasteiger partial charge >= 0.3 is 0 Å². The van der Waals surface area contributed by atoms with Crippen molar-refractivity contribution in [3.05, 3.63) is 52.5 Å². The molecule has 2 aliphatic heterocycles. The molecule has 1 fully saturated rings. The minimum atomic E-state index is -3.56. The van der Waals surface area contributed by atoms with Crippen LogP contribution in [0.15, 0.2) is 41.3 Å². The average molecular weight is 426 g/mol. The number of benzene rings is 2. The van der Waals surface area contributed by atoms with E-state index in [9.17, 15) is 8.42 Å². The molecular formula is C19H20ClNO4S2. The molecule has 2 aliphatic rings. The Bertz CT molecular complexity index is 964. The van der Waals surface area contributed by atoms with Gasteiger partial charge in [-0.15, -0.1) is 0 Å². The molecule has 1 saturated heterocycles. The molecule has 0 radical (unpaired) electrons. The molecule has 27 heavy (non-hydrogen) atoms. The van der Waals surface area contributed by atoms with E-state index in [0.29, 0.717) is 28.6 Å². The van der Waals surface area contributed by atoms with Crippen LogP contribution in [0.2, 0.25) is 5.02 Å². The molecule has 2 aromatic rings. The molecule has 0 amide bonds. The molecule has 0 aliphatic carbocycles. The third-order valence-corrected chi connectivity index (χ3v) is 8.44. The van der Waals surface area contributed by atoms with Gasteiger partial charge in [0.1, 0.15) is 0 Å². The fourth-order valence-electron chi connectivity index (χ4n) is 3.36. The highest BCUT2D eigenvalue weighted by Crippen LogP contribution is 2.41. The molecule has 0 N–H and O–H groups in total. The zero-order chi connectivity index (χ0) is 19.0. The monoisotopic (exact) mass is 425 g/mol. The van der Waals surface area contributed by atoms with Crippen LogP contribution in [-0.4, -0.2) is 38.4 Å². The molecule has 1 atom stereocenters. The first-order valence-electron chi connectivity index (χ1n) is 8.72. The average Bonchev–Trinajstić information content (AvgIpc) is 2.97. The van der Waals surface area contributed by atoms with E-state index in [1.807, 2.05) is 18.2 Å². The summed E-state index contributed by atoms with van der Waals surface area (Å²) in [5, 5.41) is 0.654. The summed E-state index contributed by atoms with van der Waals surface area (Å²) in [5.74, 6) is 2.26. The van der Waals surface area contributed by atoms with E-state index in [1.54, 1.807) is 41.2 Å². The Labute approximate surface area is 168 Å². The van der Waals surface area contributed by atoms with E-state index < -0.39 is 10.0 Å². The summed E-state index contributed by atoms with van der Waals surface area (Å²) in [4.78, 5) is 0.293. The predicted octanol–water partition coefficient (Wildman–Crippen LogP) is 4.25. The number of hydrogen-bond donors (Lipinski definition) is 0. The number of nitrogens with zero attached hydrogens (tertiary/aromatic N) is 1. The van der Waals surface area contributed by atoms with Gasteiger partial charge in [0, 0.05) is 29.1 Å². The van der Waals surface area contributed by atoms with Crippen molar-refractivity contribution in [1.29, 1.82) is 0 Å². The van der Waals surface area contributed by atoms with Crippen LogP contribution in [0.1, 0.15) is 22.8 Å². The number of halogens is 1. The van der Waals surface area contributed by atoms with Gasteiger partial charge < -0.3 is 9.47 Å². The SMILES string of the molecule is Cc1ccc(Cl)cc1S(=O)(=O)N1CCSC(c2ccc3c(c2)OCO3)CC1. The normalized spacial score (nSPS) is 20.4. The lowest BCUT2D eigenvalue weighted by molar-refractivity contribution is 0.174. The Morgan fingerprint density at radius 1 is 1.11 bits per heavy atom. The predicted molar refractivity (Wildman–Crippen MR) is 107 cm³/mol. The topological polar surface area (TPSA) is 55.8 Å². The summed E-state index contributed by atoms with van der Waals surface area (Å²) in [6.45, 7) is 3.01. The Kier molecular flexibility index (Phi) is 5.29. The summed E-state index contributed by atoms with van der Waals surface area (Å²) < 4.78 is 38.7. The minimum Gasteiger partial charge on any atom is -0.454 e. The first-order chi connectivity index (χ1) is 12.9. The summed E-state index contributed by atoms with van der Waals surface area (Å²) in [6, 6.07) is 11.0. The second-order valence-corrected chi connectivity index (χ2v) is 10.2. The molecular weight excluding hydrogens is 406 g/mol. The van der Waals surface area contributed by atoms with E-state index in [4.69, 9.17) is 21.1 Å². The van der Waals surface area contributed by atoms with E-state index in [-0.39, 0.29) is 12.0 Å².